The Morgan fingerprint density at radius 3 is 2.19 bits per heavy atom. The predicted octanol–water partition coefficient (Wildman–Crippen LogP) is 2.42. The van der Waals surface area contributed by atoms with Crippen LogP contribution < -0.4 is 19.5 Å². The number of benzene rings is 2. The van der Waals surface area contributed by atoms with Gasteiger partial charge < -0.3 is 24.6 Å². The number of methoxy groups -OCH3 is 3. The molecule has 2 aromatic rings. The monoisotopic (exact) mass is 369 g/mol. The lowest BCUT2D eigenvalue weighted by atomic mass is 9.95. The highest BCUT2D eigenvalue weighted by molar-refractivity contribution is 6.46. The van der Waals surface area contributed by atoms with E-state index in [1.54, 1.807) is 42.5 Å². The quantitative estimate of drug-likeness (QED) is 0.478. The van der Waals surface area contributed by atoms with Gasteiger partial charge in [0.05, 0.1) is 32.9 Å². The Labute approximate surface area is 156 Å². The first kappa shape index (κ1) is 18.3. The zero-order valence-electron chi connectivity index (χ0n) is 15.1. The molecule has 27 heavy (non-hydrogen) atoms. The topological polar surface area (TPSA) is 94.1 Å². The molecule has 2 aromatic carbocycles. The highest BCUT2D eigenvalue weighted by Crippen LogP contribution is 2.37. The van der Waals surface area contributed by atoms with Crippen molar-refractivity contribution in [2.45, 2.75) is 6.04 Å². The minimum Gasteiger partial charge on any atom is -0.507 e. The SMILES string of the molecule is COc1ccc(/C(O)=C2\C(=O)C(=O)NC2c2ccc(OC)c(OC)c2)cc1. The number of ether oxygens (including phenoxy) is 3. The lowest BCUT2D eigenvalue weighted by molar-refractivity contribution is -0.133. The second-order valence-corrected chi connectivity index (χ2v) is 5.84. The fourth-order valence-corrected chi connectivity index (χ4v) is 2.95. The molecule has 7 heteroatoms. The van der Waals surface area contributed by atoms with Gasteiger partial charge in [-0.2, -0.15) is 0 Å². The summed E-state index contributed by atoms with van der Waals surface area (Å²) in [5, 5.41) is 13.3. The molecule has 3 rings (SSSR count). The summed E-state index contributed by atoms with van der Waals surface area (Å²) in [5.74, 6) is -0.234. The Bertz CT molecular complexity index is 917. The van der Waals surface area contributed by atoms with Crippen LogP contribution in [0.3, 0.4) is 0 Å². The maximum atomic E-state index is 12.4. The first-order chi connectivity index (χ1) is 13.0. The molecule has 1 aliphatic rings. The molecule has 0 spiro atoms. The van der Waals surface area contributed by atoms with Crippen LogP contribution in [0.15, 0.2) is 48.0 Å². The van der Waals surface area contributed by atoms with Crippen LogP contribution in [0.25, 0.3) is 5.76 Å². The maximum Gasteiger partial charge on any atom is 0.293 e. The Balaban J connectivity index is 2.08. The first-order valence-electron chi connectivity index (χ1n) is 8.14. The van der Waals surface area contributed by atoms with Gasteiger partial charge >= 0.3 is 0 Å². The van der Waals surface area contributed by atoms with Gasteiger partial charge in [-0.1, -0.05) is 6.07 Å². The molecule has 1 amide bonds. The maximum absolute atomic E-state index is 12.4. The molecule has 0 saturated carbocycles. The van der Waals surface area contributed by atoms with Crippen molar-refractivity contribution in [1.29, 1.82) is 0 Å². The van der Waals surface area contributed by atoms with E-state index in [0.29, 0.717) is 28.4 Å². The van der Waals surface area contributed by atoms with E-state index in [2.05, 4.69) is 5.32 Å². The van der Waals surface area contributed by atoms with Gasteiger partial charge in [0.15, 0.2) is 11.5 Å². The molecular weight excluding hydrogens is 350 g/mol. The molecule has 1 heterocycles. The summed E-state index contributed by atoms with van der Waals surface area (Å²) < 4.78 is 15.6. The summed E-state index contributed by atoms with van der Waals surface area (Å²) in [6.07, 6.45) is 0. The number of aliphatic hydroxyl groups excluding tert-OH is 1. The number of ketones is 1. The van der Waals surface area contributed by atoms with Crippen molar-refractivity contribution in [1.82, 2.24) is 5.32 Å². The average Bonchev–Trinajstić information content (AvgIpc) is 3.01. The van der Waals surface area contributed by atoms with Crippen molar-refractivity contribution in [3.63, 3.8) is 0 Å². The average molecular weight is 369 g/mol. The van der Waals surface area contributed by atoms with E-state index in [1.165, 1.54) is 21.3 Å². The molecule has 1 unspecified atom stereocenters. The second kappa shape index (κ2) is 7.41. The number of aliphatic hydroxyl groups is 1. The van der Waals surface area contributed by atoms with Crippen molar-refractivity contribution in [2.24, 2.45) is 0 Å². The fourth-order valence-electron chi connectivity index (χ4n) is 2.95. The largest absolute Gasteiger partial charge is 0.507 e. The van der Waals surface area contributed by atoms with Crippen LogP contribution >= 0.6 is 0 Å². The lowest BCUT2D eigenvalue weighted by Crippen LogP contribution is -2.21. The van der Waals surface area contributed by atoms with Gasteiger partial charge in [-0.25, -0.2) is 0 Å². The van der Waals surface area contributed by atoms with Crippen LogP contribution in [0.2, 0.25) is 0 Å². The summed E-state index contributed by atoms with van der Waals surface area (Å²) in [6.45, 7) is 0. The molecule has 0 aromatic heterocycles. The molecule has 1 aliphatic heterocycles. The molecule has 0 bridgehead atoms. The van der Waals surface area contributed by atoms with Gasteiger partial charge in [0.2, 0.25) is 0 Å². The van der Waals surface area contributed by atoms with Crippen LogP contribution in [-0.4, -0.2) is 38.1 Å². The molecule has 1 fully saturated rings. The van der Waals surface area contributed by atoms with E-state index >= 15 is 0 Å². The van der Waals surface area contributed by atoms with Gasteiger partial charge in [0.1, 0.15) is 11.5 Å². The molecular formula is C20H19NO6. The van der Waals surface area contributed by atoms with E-state index < -0.39 is 17.7 Å². The van der Waals surface area contributed by atoms with Gasteiger partial charge in [0, 0.05) is 5.56 Å². The normalized spacial score (nSPS) is 18.1. The molecule has 0 aliphatic carbocycles. The van der Waals surface area contributed by atoms with Crippen molar-refractivity contribution >= 4 is 17.4 Å². The van der Waals surface area contributed by atoms with E-state index in [1.807, 2.05) is 0 Å². The Morgan fingerprint density at radius 1 is 0.926 bits per heavy atom. The van der Waals surface area contributed by atoms with E-state index in [-0.39, 0.29) is 11.3 Å². The minimum atomic E-state index is -0.799. The van der Waals surface area contributed by atoms with Crippen molar-refractivity contribution in [3.8, 4) is 17.2 Å². The third-order valence-electron chi connectivity index (χ3n) is 4.37. The van der Waals surface area contributed by atoms with Gasteiger partial charge in [-0.3, -0.25) is 9.59 Å². The number of nitrogens with one attached hydrogen (secondary N) is 1. The van der Waals surface area contributed by atoms with Crippen molar-refractivity contribution in [2.75, 3.05) is 21.3 Å². The van der Waals surface area contributed by atoms with Gasteiger partial charge in [0.25, 0.3) is 11.7 Å². The minimum absolute atomic E-state index is 0.0163. The summed E-state index contributed by atoms with van der Waals surface area (Å²) in [5.41, 5.74) is 0.973. The second-order valence-electron chi connectivity index (χ2n) is 5.84. The number of carbonyl (C=O) groups excluding carboxylic acids is 2. The standard InChI is InChI=1S/C20H19NO6/c1-25-13-7-4-11(5-8-13)18(22)16-17(21-20(24)19(16)23)12-6-9-14(26-2)15(10-12)27-3/h4-10,17,22H,1-3H3,(H,21,24)/b18-16+. The Hall–Kier alpha value is -3.48. The third-order valence-corrected chi connectivity index (χ3v) is 4.37. The summed E-state index contributed by atoms with van der Waals surface area (Å²) in [4.78, 5) is 24.4. The van der Waals surface area contributed by atoms with E-state index in [4.69, 9.17) is 14.2 Å². The highest BCUT2D eigenvalue weighted by Gasteiger charge is 2.39. The smallest absolute Gasteiger partial charge is 0.293 e. The Kier molecular flexibility index (Phi) is 5.03. The van der Waals surface area contributed by atoms with Gasteiger partial charge in [-0.05, 0) is 42.0 Å². The number of rotatable bonds is 5. The van der Waals surface area contributed by atoms with Crippen LogP contribution in [0, 0.1) is 0 Å². The first-order valence-corrected chi connectivity index (χ1v) is 8.14. The number of hydrogen-bond donors (Lipinski definition) is 2. The number of carbonyl (C=O) groups is 2. The van der Waals surface area contributed by atoms with Crippen LogP contribution in [0.5, 0.6) is 17.2 Å². The summed E-state index contributed by atoms with van der Waals surface area (Å²) in [6, 6.07) is 10.8. The van der Waals surface area contributed by atoms with E-state index in [9.17, 15) is 14.7 Å². The number of amides is 1. The van der Waals surface area contributed by atoms with Crippen LogP contribution in [-0.2, 0) is 9.59 Å². The zero-order valence-corrected chi connectivity index (χ0v) is 15.1. The molecule has 0 radical (unpaired) electrons. The molecule has 2 N–H and O–H groups in total. The fraction of sp³-hybridized carbons (Fsp3) is 0.200. The van der Waals surface area contributed by atoms with Gasteiger partial charge in [-0.15, -0.1) is 0 Å². The van der Waals surface area contributed by atoms with Crippen molar-refractivity contribution in [3.05, 3.63) is 59.2 Å². The number of hydrogen-bond acceptors (Lipinski definition) is 6. The molecule has 7 nitrogen and oxygen atoms in total. The summed E-state index contributed by atoms with van der Waals surface area (Å²) >= 11 is 0. The third kappa shape index (κ3) is 3.31. The van der Waals surface area contributed by atoms with Crippen LogP contribution in [0.4, 0.5) is 0 Å². The zero-order chi connectivity index (χ0) is 19.6. The predicted molar refractivity (Wildman–Crippen MR) is 98.0 cm³/mol. The van der Waals surface area contributed by atoms with E-state index in [0.717, 1.165) is 0 Å². The molecule has 140 valence electrons. The Morgan fingerprint density at radius 2 is 1.59 bits per heavy atom. The van der Waals surface area contributed by atoms with Crippen LogP contribution in [0.1, 0.15) is 17.2 Å². The lowest BCUT2D eigenvalue weighted by Gasteiger charge is -2.16. The van der Waals surface area contributed by atoms with Crippen molar-refractivity contribution < 1.29 is 28.9 Å². The molecule has 1 atom stereocenters. The summed E-state index contributed by atoms with van der Waals surface area (Å²) in [7, 11) is 4.54. The highest BCUT2D eigenvalue weighted by atomic mass is 16.5. The number of Topliss-reactive ketones (excluding diaryl/α,β-unsaturated/α-hetero) is 1. The molecule has 1 saturated heterocycles.